The number of halogens is 4. The first-order valence-electron chi connectivity index (χ1n) is 5.52. The maximum atomic E-state index is 12.4. The number of alkyl halides is 3. The zero-order valence-corrected chi connectivity index (χ0v) is 10.7. The van der Waals surface area contributed by atoms with Crippen molar-refractivity contribution in [3.63, 3.8) is 0 Å². The lowest BCUT2D eigenvalue weighted by atomic mass is 10.0. The monoisotopic (exact) mass is 303 g/mol. The number of hydrogen-bond donors (Lipinski definition) is 1. The van der Waals surface area contributed by atoms with Crippen molar-refractivity contribution in [3.8, 4) is 16.9 Å². The lowest BCUT2D eigenvalue weighted by Gasteiger charge is -2.14. The topological polar surface area (TPSA) is 42.4 Å². The summed E-state index contributed by atoms with van der Waals surface area (Å²) in [5, 5.41) is 9.39. The minimum absolute atomic E-state index is 0.145. The van der Waals surface area contributed by atoms with Gasteiger partial charge in [-0.15, -0.1) is 13.2 Å². The quantitative estimate of drug-likeness (QED) is 0.877. The minimum atomic E-state index is -4.80. The fraction of sp³-hybridized carbons (Fsp3) is 0.154. The molecule has 0 fully saturated rings. The molecule has 106 valence electrons. The Bertz CT molecular complexity index is 617. The first kappa shape index (κ1) is 14.6. The van der Waals surface area contributed by atoms with Crippen LogP contribution in [0.4, 0.5) is 13.2 Å². The molecule has 1 aromatic heterocycles. The third-order valence-corrected chi connectivity index (χ3v) is 2.70. The Kier molecular flexibility index (Phi) is 4.15. The SMILES string of the molecule is OCc1nc(Cl)ccc1-c1ccccc1OC(F)(F)F. The Hall–Kier alpha value is -1.79. The average Bonchev–Trinajstić information content (AvgIpc) is 2.38. The van der Waals surface area contributed by atoms with Crippen molar-refractivity contribution in [3.05, 3.63) is 47.2 Å². The molecule has 0 unspecified atom stereocenters. The van der Waals surface area contributed by atoms with Gasteiger partial charge in [0, 0.05) is 11.1 Å². The number of benzene rings is 1. The summed E-state index contributed by atoms with van der Waals surface area (Å²) < 4.78 is 41.1. The molecular formula is C13H9ClF3NO2. The van der Waals surface area contributed by atoms with Gasteiger partial charge in [0.25, 0.3) is 0 Å². The van der Waals surface area contributed by atoms with Crippen molar-refractivity contribution in [2.24, 2.45) is 0 Å². The Morgan fingerprint density at radius 1 is 1.10 bits per heavy atom. The molecule has 20 heavy (non-hydrogen) atoms. The van der Waals surface area contributed by atoms with Gasteiger partial charge in [-0.3, -0.25) is 0 Å². The second kappa shape index (κ2) is 5.68. The van der Waals surface area contributed by atoms with Gasteiger partial charge >= 0.3 is 6.36 Å². The molecule has 0 aliphatic heterocycles. The predicted molar refractivity (Wildman–Crippen MR) is 67.3 cm³/mol. The third-order valence-electron chi connectivity index (χ3n) is 2.49. The van der Waals surface area contributed by atoms with Crippen LogP contribution >= 0.6 is 11.6 Å². The second-order valence-electron chi connectivity index (χ2n) is 3.83. The predicted octanol–water partition coefficient (Wildman–Crippen LogP) is 3.79. The summed E-state index contributed by atoms with van der Waals surface area (Å²) in [6.07, 6.45) is -4.80. The highest BCUT2D eigenvalue weighted by Crippen LogP contribution is 2.35. The van der Waals surface area contributed by atoms with Gasteiger partial charge in [-0.1, -0.05) is 29.8 Å². The van der Waals surface area contributed by atoms with E-state index in [4.69, 9.17) is 11.6 Å². The van der Waals surface area contributed by atoms with Crippen LogP contribution in [0, 0.1) is 0 Å². The molecule has 0 spiro atoms. The van der Waals surface area contributed by atoms with Gasteiger partial charge in [0.2, 0.25) is 0 Å². The number of nitrogens with zero attached hydrogens (tertiary/aromatic N) is 1. The average molecular weight is 304 g/mol. The molecular weight excluding hydrogens is 295 g/mol. The summed E-state index contributed by atoms with van der Waals surface area (Å²) in [7, 11) is 0. The van der Waals surface area contributed by atoms with Crippen LogP contribution in [0.1, 0.15) is 5.69 Å². The highest BCUT2D eigenvalue weighted by Gasteiger charge is 2.32. The third kappa shape index (κ3) is 3.40. The first-order chi connectivity index (χ1) is 9.40. The molecule has 3 nitrogen and oxygen atoms in total. The molecule has 1 aromatic carbocycles. The zero-order chi connectivity index (χ0) is 14.8. The molecule has 0 aliphatic rings. The summed E-state index contributed by atoms with van der Waals surface area (Å²) in [6, 6.07) is 8.55. The first-order valence-corrected chi connectivity index (χ1v) is 5.90. The lowest BCUT2D eigenvalue weighted by Crippen LogP contribution is -2.17. The summed E-state index contributed by atoms with van der Waals surface area (Å²) in [5.41, 5.74) is 0.686. The smallest absolute Gasteiger partial charge is 0.405 e. The minimum Gasteiger partial charge on any atom is -0.405 e. The van der Waals surface area contributed by atoms with Gasteiger partial charge in [-0.2, -0.15) is 0 Å². The summed E-state index contributed by atoms with van der Waals surface area (Å²) in [5.74, 6) is -0.362. The maximum absolute atomic E-state index is 12.4. The van der Waals surface area contributed by atoms with Crippen molar-refractivity contribution in [1.82, 2.24) is 4.98 Å². The summed E-state index contributed by atoms with van der Waals surface area (Å²) in [4.78, 5) is 3.88. The summed E-state index contributed by atoms with van der Waals surface area (Å²) in [6.45, 7) is -0.448. The molecule has 0 bridgehead atoms. The molecule has 0 saturated carbocycles. The number of ether oxygens (including phenoxy) is 1. The van der Waals surface area contributed by atoms with Crippen LogP contribution in [0.15, 0.2) is 36.4 Å². The Morgan fingerprint density at radius 3 is 2.45 bits per heavy atom. The van der Waals surface area contributed by atoms with Crippen LogP contribution in [0.2, 0.25) is 5.15 Å². The number of pyridine rings is 1. The Morgan fingerprint density at radius 2 is 1.80 bits per heavy atom. The molecule has 0 radical (unpaired) electrons. The van der Waals surface area contributed by atoms with E-state index in [1.54, 1.807) is 6.07 Å². The van der Waals surface area contributed by atoms with Crippen LogP contribution in [0.25, 0.3) is 11.1 Å². The maximum Gasteiger partial charge on any atom is 0.573 e. The lowest BCUT2D eigenvalue weighted by molar-refractivity contribution is -0.274. The van der Waals surface area contributed by atoms with Crippen molar-refractivity contribution < 1.29 is 23.0 Å². The van der Waals surface area contributed by atoms with E-state index in [1.165, 1.54) is 30.3 Å². The Labute approximate surface area is 117 Å². The van der Waals surface area contributed by atoms with E-state index in [-0.39, 0.29) is 22.2 Å². The molecule has 2 rings (SSSR count). The van der Waals surface area contributed by atoms with E-state index in [9.17, 15) is 18.3 Å². The number of hydrogen-bond acceptors (Lipinski definition) is 3. The van der Waals surface area contributed by atoms with Gasteiger partial charge in [0.05, 0.1) is 12.3 Å². The molecule has 0 saturated heterocycles. The standard InChI is InChI=1S/C13H9ClF3NO2/c14-12-6-5-8(10(7-19)18-12)9-3-1-2-4-11(9)20-13(15,16)17/h1-6,19H,7H2. The molecule has 2 aromatic rings. The molecule has 1 heterocycles. The normalized spacial score (nSPS) is 11.4. The van der Waals surface area contributed by atoms with Crippen LogP contribution in [-0.2, 0) is 6.61 Å². The van der Waals surface area contributed by atoms with E-state index in [0.29, 0.717) is 5.56 Å². The van der Waals surface area contributed by atoms with E-state index in [1.807, 2.05) is 0 Å². The highest BCUT2D eigenvalue weighted by molar-refractivity contribution is 6.29. The number of aliphatic hydroxyl groups excluding tert-OH is 1. The van der Waals surface area contributed by atoms with Crippen molar-refractivity contribution in [2.75, 3.05) is 0 Å². The van der Waals surface area contributed by atoms with Crippen LogP contribution in [0.5, 0.6) is 5.75 Å². The number of para-hydroxylation sites is 1. The largest absolute Gasteiger partial charge is 0.573 e. The van der Waals surface area contributed by atoms with E-state index in [2.05, 4.69) is 9.72 Å². The van der Waals surface area contributed by atoms with Crippen molar-refractivity contribution in [1.29, 1.82) is 0 Å². The van der Waals surface area contributed by atoms with Gasteiger partial charge in [0.15, 0.2) is 0 Å². The fourth-order valence-corrected chi connectivity index (χ4v) is 1.91. The Balaban J connectivity index is 2.53. The van der Waals surface area contributed by atoms with E-state index in [0.717, 1.165) is 0 Å². The van der Waals surface area contributed by atoms with Crippen molar-refractivity contribution >= 4 is 11.6 Å². The summed E-state index contributed by atoms with van der Waals surface area (Å²) >= 11 is 5.70. The number of rotatable bonds is 3. The number of aliphatic hydroxyl groups is 1. The van der Waals surface area contributed by atoms with Gasteiger partial charge < -0.3 is 9.84 Å². The molecule has 0 amide bonds. The van der Waals surface area contributed by atoms with Crippen LogP contribution in [0.3, 0.4) is 0 Å². The molecule has 0 aliphatic carbocycles. The van der Waals surface area contributed by atoms with Crippen LogP contribution in [-0.4, -0.2) is 16.5 Å². The molecule has 7 heteroatoms. The van der Waals surface area contributed by atoms with Crippen LogP contribution < -0.4 is 4.74 Å². The van der Waals surface area contributed by atoms with Crippen molar-refractivity contribution in [2.45, 2.75) is 13.0 Å². The highest BCUT2D eigenvalue weighted by atomic mass is 35.5. The number of aromatic nitrogens is 1. The molecule has 1 N–H and O–H groups in total. The second-order valence-corrected chi connectivity index (χ2v) is 4.22. The molecule has 0 atom stereocenters. The fourth-order valence-electron chi connectivity index (χ4n) is 1.74. The van der Waals surface area contributed by atoms with Gasteiger partial charge in [0.1, 0.15) is 10.9 Å². The van der Waals surface area contributed by atoms with Gasteiger partial charge in [-0.05, 0) is 18.2 Å². The zero-order valence-electron chi connectivity index (χ0n) is 9.99. The van der Waals surface area contributed by atoms with E-state index < -0.39 is 13.0 Å². The van der Waals surface area contributed by atoms with E-state index >= 15 is 0 Å². The van der Waals surface area contributed by atoms with Gasteiger partial charge in [-0.25, -0.2) is 4.98 Å².